The van der Waals surface area contributed by atoms with Gasteiger partial charge in [0, 0.05) is 24.7 Å². The number of tetrazole rings is 1. The summed E-state index contributed by atoms with van der Waals surface area (Å²) in [5, 5.41) is 19.5. The zero-order chi connectivity index (χ0) is 18.7. The highest BCUT2D eigenvalue weighted by Gasteiger charge is 2.33. The first-order valence-electron chi connectivity index (χ1n) is 7.31. The minimum atomic E-state index is -4.55. The second kappa shape index (κ2) is 6.85. The van der Waals surface area contributed by atoms with E-state index in [1.165, 1.54) is 24.0 Å². The summed E-state index contributed by atoms with van der Waals surface area (Å²) in [6, 6.07) is 2.30. The average Bonchev–Trinajstić information content (AvgIpc) is 3.25. The number of aromatic amines is 1. The fourth-order valence-corrected chi connectivity index (χ4v) is 2.08. The Hall–Kier alpha value is -3.38. The van der Waals surface area contributed by atoms with E-state index < -0.39 is 17.8 Å². The number of hydrogen-bond acceptors (Lipinski definition) is 7. The molecule has 10 nitrogen and oxygen atoms in total. The lowest BCUT2D eigenvalue weighted by Crippen LogP contribution is -2.26. The Labute approximate surface area is 143 Å². The molecule has 3 heterocycles. The summed E-state index contributed by atoms with van der Waals surface area (Å²) in [5.74, 6) is -0.172. The molecular formula is C13H12F3N9O. The number of rotatable bonds is 5. The number of halogens is 3. The highest BCUT2D eigenvalue weighted by Crippen LogP contribution is 2.27. The molecule has 0 bridgehead atoms. The van der Waals surface area contributed by atoms with Gasteiger partial charge in [-0.05, 0) is 23.4 Å². The number of carbonyl (C=O) groups is 1. The molecule has 0 atom stereocenters. The van der Waals surface area contributed by atoms with E-state index in [1.54, 1.807) is 0 Å². The van der Waals surface area contributed by atoms with Gasteiger partial charge < -0.3 is 5.32 Å². The van der Waals surface area contributed by atoms with Gasteiger partial charge in [0.25, 0.3) is 5.91 Å². The molecule has 0 aliphatic heterocycles. The van der Waals surface area contributed by atoms with Crippen LogP contribution in [0.3, 0.4) is 0 Å². The largest absolute Gasteiger partial charge is 0.433 e. The van der Waals surface area contributed by atoms with Crippen LogP contribution in [-0.2, 0) is 12.6 Å². The quantitative estimate of drug-likeness (QED) is 0.671. The van der Waals surface area contributed by atoms with Crippen molar-refractivity contribution in [3.63, 3.8) is 0 Å². The maximum atomic E-state index is 12.8. The summed E-state index contributed by atoms with van der Waals surface area (Å²) >= 11 is 0. The topological polar surface area (TPSA) is 127 Å². The van der Waals surface area contributed by atoms with Crippen LogP contribution in [-0.4, -0.2) is 52.8 Å². The van der Waals surface area contributed by atoms with Crippen molar-refractivity contribution in [2.45, 2.75) is 19.5 Å². The van der Waals surface area contributed by atoms with E-state index in [0.717, 1.165) is 6.07 Å². The Bertz CT molecular complexity index is 904. The molecule has 3 aromatic rings. The van der Waals surface area contributed by atoms with Crippen LogP contribution in [0.4, 0.5) is 13.2 Å². The predicted molar refractivity (Wildman–Crippen MR) is 79.1 cm³/mol. The number of nitrogens with zero attached hydrogens (tertiary/aromatic N) is 7. The molecule has 0 saturated carbocycles. The van der Waals surface area contributed by atoms with E-state index in [4.69, 9.17) is 0 Å². The predicted octanol–water partition coefficient (Wildman–Crippen LogP) is 0.475. The molecule has 0 aliphatic rings. The Morgan fingerprint density at radius 1 is 1.31 bits per heavy atom. The molecule has 3 rings (SSSR count). The third kappa shape index (κ3) is 3.99. The molecule has 0 aromatic carbocycles. The maximum absolute atomic E-state index is 12.8. The normalized spacial score (nSPS) is 11.5. The van der Waals surface area contributed by atoms with Crippen LogP contribution in [0.1, 0.15) is 27.7 Å². The molecule has 3 aromatic heterocycles. The minimum Gasteiger partial charge on any atom is -0.350 e. The van der Waals surface area contributed by atoms with Gasteiger partial charge >= 0.3 is 6.18 Å². The van der Waals surface area contributed by atoms with E-state index in [1.807, 2.05) is 0 Å². The van der Waals surface area contributed by atoms with Crippen molar-refractivity contribution in [3.05, 3.63) is 41.4 Å². The van der Waals surface area contributed by atoms with Crippen LogP contribution in [0, 0.1) is 6.92 Å². The summed E-state index contributed by atoms with van der Waals surface area (Å²) in [6.45, 7) is 1.50. The van der Waals surface area contributed by atoms with Gasteiger partial charge in [-0.1, -0.05) is 0 Å². The molecule has 1 amide bonds. The fourth-order valence-electron chi connectivity index (χ4n) is 2.08. The number of hydrogen-bond donors (Lipinski definition) is 2. The second-order valence-electron chi connectivity index (χ2n) is 5.21. The lowest BCUT2D eigenvalue weighted by Gasteiger charge is -2.09. The van der Waals surface area contributed by atoms with Gasteiger partial charge in [-0.3, -0.25) is 9.89 Å². The van der Waals surface area contributed by atoms with E-state index in [9.17, 15) is 18.0 Å². The first-order valence-corrected chi connectivity index (χ1v) is 7.31. The molecule has 26 heavy (non-hydrogen) atoms. The highest BCUT2D eigenvalue weighted by atomic mass is 19.4. The van der Waals surface area contributed by atoms with E-state index in [-0.39, 0.29) is 30.2 Å². The fraction of sp³-hybridized carbons (Fsp3) is 0.308. The van der Waals surface area contributed by atoms with E-state index >= 15 is 0 Å². The second-order valence-corrected chi connectivity index (χ2v) is 5.21. The molecule has 0 radical (unpaired) electrons. The number of aromatic nitrogens is 8. The average molecular weight is 367 g/mol. The molecule has 2 N–H and O–H groups in total. The smallest absolute Gasteiger partial charge is 0.350 e. The number of carbonyl (C=O) groups excluding carboxylic acids is 1. The Morgan fingerprint density at radius 2 is 2.12 bits per heavy atom. The number of amides is 1. The summed E-state index contributed by atoms with van der Waals surface area (Å²) in [6.07, 6.45) is -3.19. The monoisotopic (exact) mass is 367 g/mol. The van der Waals surface area contributed by atoms with Crippen molar-refractivity contribution < 1.29 is 18.0 Å². The third-order valence-corrected chi connectivity index (χ3v) is 3.22. The summed E-state index contributed by atoms with van der Waals surface area (Å²) in [7, 11) is 0. The Morgan fingerprint density at radius 3 is 2.81 bits per heavy atom. The summed E-state index contributed by atoms with van der Waals surface area (Å²) < 4.78 is 39.5. The van der Waals surface area contributed by atoms with Gasteiger partial charge in [-0.25, -0.2) is 9.97 Å². The first kappa shape index (κ1) is 17.4. The van der Waals surface area contributed by atoms with Crippen LogP contribution in [0.5, 0.6) is 0 Å². The van der Waals surface area contributed by atoms with Crippen LogP contribution in [0.15, 0.2) is 18.5 Å². The van der Waals surface area contributed by atoms with E-state index in [2.05, 4.69) is 41.0 Å². The Kier molecular flexibility index (Phi) is 4.60. The lowest BCUT2D eigenvalue weighted by atomic mass is 10.3. The van der Waals surface area contributed by atoms with Crippen molar-refractivity contribution in [2.24, 2.45) is 0 Å². The molecule has 0 aliphatic carbocycles. The zero-order valence-electron chi connectivity index (χ0n) is 13.3. The summed E-state index contributed by atoms with van der Waals surface area (Å²) in [4.78, 5) is 19.5. The standard InChI is InChI=1S/C13H12F3N9O/c1-7-4-9(13(14,15)16)20-10(19-7)2-3-17-12(26)8-5-11(22-21-8)25-6-18-23-24-25/h4-6H,2-3H2,1H3,(H,17,26)(H,21,22). The van der Waals surface area contributed by atoms with Gasteiger partial charge in [0.2, 0.25) is 0 Å². The highest BCUT2D eigenvalue weighted by molar-refractivity contribution is 5.92. The van der Waals surface area contributed by atoms with Gasteiger partial charge in [0.1, 0.15) is 23.5 Å². The van der Waals surface area contributed by atoms with Crippen LogP contribution in [0.2, 0.25) is 0 Å². The molecule has 0 unspecified atom stereocenters. The van der Waals surface area contributed by atoms with Crippen LogP contribution in [0.25, 0.3) is 5.82 Å². The molecule has 136 valence electrons. The zero-order valence-corrected chi connectivity index (χ0v) is 13.3. The first-order chi connectivity index (χ1) is 12.3. The van der Waals surface area contributed by atoms with Gasteiger partial charge in [0.05, 0.1) is 0 Å². The SMILES string of the molecule is Cc1cc(C(F)(F)F)nc(CCNC(=O)c2cc(-n3cnnn3)n[nH]2)n1. The third-order valence-electron chi connectivity index (χ3n) is 3.22. The van der Waals surface area contributed by atoms with Crippen molar-refractivity contribution in [1.29, 1.82) is 0 Å². The van der Waals surface area contributed by atoms with Crippen LogP contribution < -0.4 is 5.32 Å². The maximum Gasteiger partial charge on any atom is 0.433 e. The van der Waals surface area contributed by atoms with Gasteiger partial charge in [-0.15, -0.1) is 5.10 Å². The summed E-state index contributed by atoms with van der Waals surface area (Å²) in [5.41, 5.74) is -0.657. The van der Waals surface area contributed by atoms with Gasteiger partial charge in [-0.2, -0.15) is 23.0 Å². The van der Waals surface area contributed by atoms with Crippen LogP contribution >= 0.6 is 0 Å². The molecule has 0 spiro atoms. The van der Waals surface area contributed by atoms with Crippen molar-refractivity contribution >= 4 is 5.91 Å². The molecular weight excluding hydrogens is 355 g/mol. The number of alkyl halides is 3. The Balaban J connectivity index is 1.60. The number of nitrogens with one attached hydrogen (secondary N) is 2. The van der Waals surface area contributed by atoms with Crippen molar-refractivity contribution in [2.75, 3.05) is 6.54 Å². The van der Waals surface area contributed by atoms with Crippen molar-refractivity contribution in [1.82, 2.24) is 45.7 Å². The minimum absolute atomic E-state index is 0.00313. The van der Waals surface area contributed by atoms with E-state index in [0.29, 0.717) is 5.82 Å². The van der Waals surface area contributed by atoms with Crippen molar-refractivity contribution in [3.8, 4) is 5.82 Å². The molecule has 0 fully saturated rings. The molecule has 13 heteroatoms. The number of H-pyrrole nitrogens is 1. The van der Waals surface area contributed by atoms with Gasteiger partial charge in [0.15, 0.2) is 5.82 Å². The lowest BCUT2D eigenvalue weighted by molar-refractivity contribution is -0.141. The number of aryl methyl sites for hydroxylation is 1. The molecule has 0 saturated heterocycles.